The molecule has 0 bridgehead atoms. The summed E-state index contributed by atoms with van der Waals surface area (Å²) in [7, 11) is 0. The molecule has 2 amide bonds. The van der Waals surface area contributed by atoms with Gasteiger partial charge in [-0.05, 0) is 56.0 Å². The highest BCUT2D eigenvalue weighted by Crippen LogP contribution is 2.27. The molecular weight excluding hydrogens is 285 g/mol. The average molecular weight is 307 g/mol. The van der Waals surface area contributed by atoms with Crippen LogP contribution in [-0.2, 0) is 4.79 Å². The van der Waals surface area contributed by atoms with Gasteiger partial charge in [0.25, 0.3) is 5.91 Å². The van der Waals surface area contributed by atoms with Gasteiger partial charge in [0.1, 0.15) is 5.82 Å². The minimum Gasteiger partial charge on any atom is -0.355 e. The van der Waals surface area contributed by atoms with Crippen molar-refractivity contribution in [2.75, 3.05) is 26.2 Å². The SMILES string of the molecule is O=C(CNCC1CC1)NCCCNC(=O)c1ccc(F)cc1. The highest BCUT2D eigenvalue weighted by atomic mass is 19.1. The van der Waals surface area contributed by atoms with Gasteiger partial charge in [0.15, 0.2) is 0 Å². The van der Waals surface area contributed by atoms with Gasteiger partial charge in [-0.2, -0.15) is 0 Å². The molecule has 0 unspecified atom stereocenters. The monoisotopic (exact) mass is 307 g/mol. The van der Waals surface area contributed by atoms with Crippen molar-refractivity contribution in [3.63, 3.8) is 0 Å². The molecule has 2 rings (SSSR count). The molecule has 0 saturated heterocycles. The number of halogens is 1. The van der Waals surface area contributed by atoms with Gasteiger partial charge >= 0.3 is 0 Å². The summed E-state index contributed by atoms with van der Waals surface area (Å²) in [5, 5.41) is 8.65. The maximum Gasteiger partial charge on any atom is 0.251 e. The van der Waals surface area contributed by atoms with Gasteiger partial charge in [-0.25, -0.2) is 4.39 Å². The van der Waals surface area contributed by atoms with E-state index in [2.05, 4.69) is 16.0 Å². The van der Waals surface area contributed by atoms with Crippen molar-refractivity contribution in [1.82, 2.24) is 16.0 Å². The molecule has 1 fully saturated rings. The van der Waals surface area contributed by atoms with Crippen LogP contribution in [0.1, 0.15) is 29.6 Å². The molecule has 1 aliphatic carbocycles. The maximum atomic E-state index is 12.7. The standard InChI is InChI=1S/C16H22FN3O2/c17-14-6-4-13(5-7-14)16(22)20-9-1-8-19-15(21)11-18-10-12-2-3-12/h4-7,12,18H,1-3,8-11H2,(H,19,21)(H,20,22). The molecule has 120 valence electrons. The molecule has 0 aliphatic heterocycles. The third-order valence-corrected chi connectivity index (χ3v) is 3.48. The average Bonchev–Trinajstić information content (AvgIpc) is 3.31. The number of hydrogen-bond donors (Lipinski definition) is 3. The minimum atomic E-state index is -0.366. The lowest BCUT2D eigenvalue weighted by Gasteiger charge is -2.07. The van der Waals surface area contributed by atoms with E-state index >= 15 is 0 Å². The zero-order valence-corrected chi connectivity index (χ0v) is 12.5. The van der Waals surface area contributed by atoms with E-state index < -0.39 is 0 Å². The predicted octanol–water partition coefficient (Wildman–Crippen LogP) is 1.06. The lowest BCUT2D eigenvalue weighted by atomic mass is 10.2. The van der Waals surface area contributed by atoms with Crippen LogP contribution in [0.3, 0.4) is 0 Å². The third-order valence-electron chi connectivity index (χ3n) is 3.48. The second-order valence-electron chi connectivity index (χ2n) is 5.54. The van der Waals surface area contributed by atoms with E-state index in [0.29, 0.717) is 31.6 Å². The first-order valence-corrected chi connectivity index (χ1v) is 7.66. The second-order valence-corrected chi connectivity index (χ2v) is 5.54. The van der Waals surface area contributed by atoms with Crippen LogP contribution in [0.2, 0.25) is 0 Å². The summed E-state index contributed by atoms with van der Waals surface area (Å²) in [4.78, 5) is 23.2. The third kappa shape index (κ3) is 6.22. The van der Waals surface area contributed by atoms with Gasteiger partial charge < -0.3 is 16.0 Å². The molecule has 1 saturated carbocycles. The molecular formula is C16H22FN3O2. The van der Waals surface area contributed by atoms with Gasteiger partial charge in [0, 0.05) is 18.7 Å². The molecule has 0 spiro atoms. The van der Waals surface area contributed by atoms with Crippen molar-refractivity contribution in [2.24, 2.45) is 5.92 Å². The lowest BCUT2D eigenvalue weighted by Crippen LogP contribution is -2.36. The molecule has 6 heteroatoms. The van der Waals surface area contributed by atoms with Gasteiger partial charge in [-0.15, -0.1) is 0 Å². The first-order valence-electron chi connectivity index (χ1n) is 7.66. The number of rotatable bonds is 9. The normalized spacial score (nSPS) is 13.7. The Morgan fingerprint density at radius 2 is 1.77 bits per heavy atom. The first kappa shape index (κ1) is 16.4. The Labute approximate surface area is 129 Å². The lowest BCUT2D eigenvalue weighted by molar-refractivity contribution is -0.120. The highest BCUT2D eigenvalue weighted by molar-refractivity contribution is 5.94. The number of carbonyl (C=O) groups is 2. The zero-order chi connectivity index (χ0) is 15.8. The molecule has 0 aromatic heterocycles. The Hall–Kier alpha value is -1.95. The number of hydrogen-bond acceptors (Lipinski definition) is 3. The molecule has 3 N–H and O–H groups in total. The largest absolute Gasteiger partial charge is 0.355 e. The summed E-state index contributed by atoms with van der Waals surface area (Å²) in [6.45, 7) is 2.25. The quantitative estimate of drug-likeness (QED) is 0.598. The maximum absolute atomic E-state index is 12.7. The summed E-state index contributed by atoms with van der Waals surface area (Å²) >= 11 is 0. The summed E-state index contributed by atoms with van der Waals surface area (Å²) in [5.41, 5.74) is 0.426. The fourth-order valence-electron chi connectivity index (χ4n) is 2.00. The van der Waals surface area contributed by atoms with Crippen LogP contribution < -0.4 is 16.0 Å². The number of carbonyl (C=O) groups excluding carboxylic acids is 2. The van der Waals surface area contributed by atoms with Crippen LogP contribution in [0.5, 0.6) is 0 Å². The molecule has 22 heavy (non-hydrogen) atoms. The Balaban J connectivity index is 1.50. The molecule has 1 aliphatic rings. The van der Waals surface area contributed by atoms with Crippen molar-refractivity contribution < 1.29 is 14.0 Å². The van der Waals surface area contributed by atoms with Crippen LogP contribution in [0.4, 0.5) is 4.39 Å². The van der Waals surface area contributed by atoms with E-state index in [4.69, 9.17) is 0 Å². The Kier molecular flexibility index (Phi) is 6.33. The van der Waals surface area contributed by atoms with Crippen molar-refractivity contribution in [3.05, 3.63) is 35.6 Å². The van der Waals surface area contributed by atoms with Gasteiger partial charge in [-0.3, -0.25) is 9.59 Å². The second kappa shape index (κ2) is 8.48. The van der Waals surface area contributed by atoms with E-state index in [9.17, 15) is 14.0 Å². The van der Waals surface area contributed by atoms with Crippen molar-refractivity contribution >= 4 is 11.8 Å². The number of benzene rings is 1. The van der Waals surface area contributed by atoms with E-state index in [-0.39, 0.29) is 17.6 Å². The first-order chi connectivity index (χ1) is 10.6. The fraction of sp³-hybridized carbons (Fsp3) is 0.500. The molecule has 5 nitrogen and oxygen atoms in total. The predicted molar refractivity (Wildman–Crippen MR) is 82.0 cm³/mol. The molecule has 1 aromatic carbocycles. The van der Waals surface area contributed by atoms with Crippen molar-refractivity contribution in [2.45, 2.75) is 19.3 Å². The van der Waals surface area contributed by atoms with Crippen LogP contribution in [0.25, 0.3) is 0 Å². The zero-order valence-electron chi connectivity index (χ0n) is 12.5. The summed E-state index contributed by atoms with van der Waals surface area (Å²) in [6, 6.07) is 5.39. The molecule has 0 radical (unpaired) electrons. The minimum absolute atomic E-state index is 0.0227. The number of amides is 2. The topological polar surface area (TPSA) is 70.2 Å². The van der Waals surface area contributed by atoms with Crippen LogP contribution in [0, 0.1) is 11.7 Å². The molecule has 1 aromatic rings. The van der Waals surface area contributed by atoms with Gasteiger partial charge in [-0.1, -0.05) is 0 Å². The van der Waals surface area contributed by atoms with Crippen molar-refractivity contribution in [1.29, 1.82) is 0 Å². The smallest absolute Gasteiger partial charge is 0.251 e. The van der Waals surface area contributed by atoms with Crippen LogP contribution in [-0.4, -0.2) is 38.0 Å². The van der Waals surface area contributed by atoms with E-state index in [1.807, 2.05) is 0 Å². The molecule has 0 atom stereocenters. The van der Waals surface area contributed by atoms with E-state index in [0.717, 1.165) is 12.5 Å². The fourth-order valence-corrected chi connectivity index (χ4v) is 2.00. The Bertz CT molecular complexity index is 501. The van der Waals surface area contributed by atoms with Crippen LogP contribution in [0.15, 0.2) is 24.3 Å². The van der Waals surface area contributed by atoms with Crippen molar-refractivity contribution in [3.8, 4) is 0 Å². The summed E-state index contributed by atoms with van der Waals surface area (Å²) in [5.74, 6) is 0.131. The Morgan fingerprint density at radius 3 is 2.45 bits per heavy atom. The van der Waals surface area contributed by atoms with E-state index in [1.165, 1.54) is 37.1 Å². The Morgan fingerprint density at radius 1 is 1.09 bits per heavy atom. The van der Waals surface area contributed by atoms with Crippen LogP contribution >= 0.6 is 0 Å². The van der Waals surface area contributed by atoms with E-state index in [1.54, 1.807) is 0 Å². The van der Waals surface area contributed by atoms with Gasteiger partial charge in [0.2, 0.25) is 5.91 Å². The van der Waals surface area contributed by atoms with Gasteiger partial charge in [0.05, 0.1) is 6.54 Å². The summed E-state index contributed by atoms with van der Waals surface area (Å²) in [6.07, 6.45) is 3.19. The number of nitrogens with one attached hydrogen (secondary N) is 3. The highest BCUT2D eigenvalue weighted by Gasteiger charge is 2.20. The molecule has 0 heterocycles. The summed E-state index contributed by atoms with van der Waals surface area (Å²) < 4.78 is 12.7.